The van der Waals surface area contributed by atoms with E-state index in [2.05, 4.69) is 24.5 Å². The zero-order valence-electron chi connectivity index (χ0n) is 15.4. The molecule has 1 saturated heterocycles. The molecule has 1 amide bonds. The summed E-state index contributed by atoms with van der Waals surface area (Å²) in [5.74, 6) is 0.155. The van der Waals surface area contributed by atoms with Crippen LogP contribution in [0.2, 0.25) is 0 Å². The van der Waals surface area contributed by atoms with Gasteiger partial charge in [-0.05, 0) is 12.8 Å². The second-order valence-electron chi connectivity index (χ2n) is 6.79. The fourth-order valence-corrected chi connectivity index (χ4v) is 3.10. The van der Waals surface area contributed by atoms with Crippen molar-refractivity contribution in [2.45, 2.75) is 84.2 Å². The van der Waals surface area contributed by atoms with E-state index < -0.39 is 0 Å². The lowest BCUT2D eigenvalue weighted by atomic mass is 10.1. The van der Waals surface area contributed by atoms with Gasteiger partial charge in [-0.2, -0.15) is 0 Å². The van der Waals surface area contributed by atoms with E-state index in [9.17, 15) is 4.79 Å². The normalized spacial score (nSPS) is 20.8. The van der Waals surface area contributed by atoms with E-state index >= 15 is 0 Å². The molecule has 1 rings (SSSR count). The maximum atomic E-state index is 12.3. The van der Waals surface area contributed by atoms with Crippen LogP contribution in [0.4, 0.5) is 0 Å². The van der Waals surface area contributed by atoms with Gasteiger partial charge in [-0.25, -0.2) is 0 Å². The Morgan fingerprint density at radius 2 is 1.61 bits per heavy atom. The van der Waals surface area contributed by atoms with Gasteiger partial charge >= 0.3 is 0 Å². The molecule has 4 heteroatoms. The van der Waals surface area contributed by atoms with Gasteiger partial charge in [-0.3, -0.25) is 4.79 Å². The average Bonchev–Trinajstić information content (AvgIpc) is 3.02. The number of amides is 1. The molecular weight excluding hydrogens is 288 g/mol. The molecule has 2 atom stereocenters. The van der Waals surface area contributed by atoms with Crippen molar-refractivity contribution in [2.75, 3.05) is 26.2 Å². The third-order valence-electron chi connectivity index (χ3n) is 4.65. The summed E-state index contributed by atoms with van der Waals surface area (Å²) in [5.41, 5.74) is 0. The van der Waals surface area contributed by atoms with Gasteiger partial charge in [0.15, 0.2) is 0 Å². The molecular formula is C19H38N2O2. The summed E-state index contributed by atoms with van der Waals surface area (Å²) in [6, 6.07) is 0. The molecule has 0 bridgehead atoms. The summed E-state index contributed by atoms with van der Waals surface area (Å²) in [6.45, 7) is 7.61. The molecule has 1 aliphatic rings. The third kappa shape index (κ3) is 9.31. The van der Waals surface area contributed by atoms with Crippen LogP contribution in [0.15, 0.2) is 0 Å². The van der Waals surface area contributed by atoms with Crippen LogP contribution in [0.5, 0.6) is 0 Å². The third-order valence-corrected chi connectivity index (χ3v) is 4.65. The summed E-state index contributed by atoms with van der Waals surface area (Å²) in [7, 11) is 0. The Morgan fingerprint density at radius 3 is 2.30 bits per heavy atom. The summed E-state index contributed by atoms with van der Waals surface area (Å²) >= 11 is 0. The first kappa shape index (κ1) is 20.4. The Hall–Kier alpha value is -0.610. The van der Waals surface area contributed by atoms with Crippen LogP contribution in [-0.4, -0.2) is 38.3 Å². The van der Waals surface area contributed by atoms with E-state index in [1.807, 2.05) is 0 Å². The Morgan fingerprint density at radius 1 is 0.957 bits per heavy atom. The molecule has 1 fully saturated rings. The first-order valence-electron chi connectivity index (χ1n) is 9.89. The molecule has 0 spiro atoms. The molecule has 23 heavy (non-hydrogen) atoms. The van der Waals surface area contributed by atoms with E-state index in [4.69, 9.17) is 4.74 Å². The Balaban J connectivity index is 2.09. The first-order valence-corrected chi connectivity index (χ1v) is 9.89. The van der Waals surface area contributed by atoms with Crippen molar-refractivity contribution in [1.29, 1.82) is 0 Å². The Labute approximate surface area is 143 Å². The minimum atomic E-state index is -0.0127. The van der Waals surface area contributed by atoms with Crippen LogP contribution in [0.1, 0.15) is 78.1 Å². The van der Waals surface area contributed by atoms with Gasteiger partial charge in [0.05, 0.1) is 12.0 Å². The van der Waals surface area contributed by atoms with Crippen molar-refractivity contribution < 1.29 is 9.53 Å². The zero-order chi connectivity index (χ0) is 16.8. The highest BCUT2D eigenvalue weighted by molar-refractivity contribution is 5.79. The van der Waals surface area contributed by atoms with Crippen molar-refractivity contribution in [3.8, 4) is 0 Å². The number of ether oxygens (including phenoxy) is 1. The molecule has 0 aromatic rings. The van der Waals surface area contributed by atoms with Gasteiger partial charge in [0.25, 0.3) is 0 Å². The second kappa shape index (κ2) is 13.8. The predicted molar refractivity (Wildman–Crippen MR) is 96.6 cm³/mol. The quantitative estimate of drug-likeness (QED) is 0.479. The van der Waals surface area contributed by atoms with Gasteiger partial charge in [-0.15, -0.1) is 0 Å². The summed E-state index contributed by atoms with van der Waals surface area (Å²) < 4.78 is 5.95. The van der Waals surface area contributed by atoms with Gasteiger partial charge < -0.3 is 15.4 Å². The molecule has 1 aliphatic heterocycles. The van der Waals surface area contributed by atoms with Crippen molar-refractivity contribution >= 4 is 5.91 Å². The predicted octanol–water partition coefficient (Wildman–Crippen LogP) is 3.65. The van der Waals surface area contributed by atoms with E-state index in [1.165, 1.54) is 51.4 Å². The highest BCUT2D eigenvalue weighted by atomic mass is 16.5. The number of hydrogen-bond acceptors (Lipinski definition) is 3. The molecule has 0 radical (unpaired) electrons. The van der Waals surface area contributed by atoms with E-state index in [0.717, 1.165) is 39.1 Å². The maximum Gasteiger partial charge on any atom is 0.227 e. The van der Waals surface area contributed by atoms with Crippen LogP contribution >= 0.6 is 0 Å². The highest BCUT2D eigenvalue weighted by Gasteiger charge is 2.33. The fraction of sp³-hybridized carbons (Fsp3) is 0.947. The molecule has 2 unspecified atom stereocenters. The number of nitrogens with one attached hydrogen (secondary N) is 2. The van der Waals surface area contributed by atoms with Crippen LogP contribution in [0.3, 0.4) is 0 Å². The van der Waals surface area contributed by atoms with Crippen molar-refractivity contribution in [2.24, 2.45) is 5.92 Å². The molecule has 136 valence electrons. The smallest absolute Gasteiger partial charge is 0.227 e. The van der Waals surface area contributed by atoms with Crippen molar-refractivity contribution in [1.82, 2.24) is 10.6 Å². The lowest BCUT2D eigenvalue weighted by Gasteiger charge is -2.19. The van der Waals surface area contributed by atoms with E-state index in [-0.39, 0.29) is 17.9 Å². The maximum absolute atomic E-state index is 12.3. The molecule has 1 heterocycles. The van der Waals surface area contributed by atoms with Crippen LogP contribution in [-0.2, 0) is 9.53 Å². The van der Waals surface area contributed by atoms with E-state index in [1.54, 1.807) is 0 Å². The van der Waals surface area contributed by atoms with Gasteiger partial charge in [0.1, 0.15) is 0 Å². The second-order valence-corrected chi connectivity index (χ2v) is 6.79. The molecule has 0 saturated carbocycles. The van der Waals surface area contributed by atoms with Crippen LogP contribution < -0.4 is 10.6 Å². The Bertz CT molecular complexity index is 297. The fourth-order valence-electron chi connectivity index (χ4n) is 3.10. The number of unbranched alkanes of at least 4 members (excludes halogenated alkanes) is 8. The largest absolute Gasteiger partial charge is 0.376 e. The molecule has 4 nitrogen and oxygen atoms in total. The zero-order valence-corrected chi connectivity index (χ0v) is 15.4. The highest BCUT2D eigenvalue weighted by Crippen LogP contribution is 2.14. The summed E-state index contributed by atoms with van der Waals surface area (Å²) in [4.78, 5) is 12.3. The summed E-state index contributed by atoms with van der Waals surface area (Å²) in [6.07, 6.45) is 12.4. The van der Waals surface area contributed by atoms with Crippen LogP contribution in [0.25, 0.3) is 0 Å². The van der Waals surface area contributed by atoms with Gasteiger partial charge in [0, 0.05) is 26.2 Å². The number of hydrogen-bond donors (Lipinski definition) is 2. The molecule has 2 N–H and O–H groups in total. The lowest BCUT2D eigenvalue weighted by Crippen LogP contribution is -2.38. The first-order chi connectivity index (χ1) is 11.3. The van der Waals surface area contributed by atoms with Crippen LogP contribution in [0, 0.1) is 5.92 Å². The summed E-state index contributed by atoms with van der Waals surface area (Å²) in [5, 5.41) is 6.39. The van der Waals surface area contributed by atoms with Crippen molar-refractivity contribution in [3.63, 3.8) is 0 Å². The average molecular weight is 327 g/mol. The minimum Gasteiger partial charge on any atom is -0.376 e. The van der Waals surface area contributed by atoms with Gasteiger partial charge in [-0.1, -0.05) is 65.2 Å². The monoisotopic (exact) mass is 326 g/mol. The number of carbonyl (C=O) groups is 1. The molecule has 0 aromatic carbocycles. The Kier molecular flexibility index (Phi) is 12.3. The topological polar surface area (TPSA) is 50.4 Å². The minimum absolute atomic E-state index is 0.0127. The molecule has 0 aliphatic carbocycles. The molecule has 0 aromatic heterocycles. The SMILES string of the molecule is CCCCCCCNC(=O)C1CNCC1OCCCCCCC. The standard InChI is InChI=1S/C19H38N2O2/c1-3-5-7-9-11-13-21-19(22)17-15-20-16-18(17)23-14-12-10-8-6-4-2/h17-18,20H,3-16H2,1-2H3,(H,21,22). The number of rotatable bonds is 14. The van der Waals surface area contributed by atoms with E-state index in [0.29, 0.717) is 0 Å². The lowest BCUT2D eigenvalue weighted by molar-refractivity contribution is -0.128. The van der Waals surface area contributed by atoms with Gasteiger partial charge in [0.2, 0.25) is 5.91 Å². The number of carbonyl (C=O) groups excluding carboxylic acids is 1. The van der Waals surface area contributed by atoms with Crippen molar-refractivity contribution in [3.05, 3.63) is 0 Å².